The van der Waals surface area contributed by atoms with Crippen LogP contribution in [0.4, 0.5) is 0 Å². The number of rotatable bonds is 3. The van der Waals surface area contributed by atoms with Gasteiger partial charge in [0.1, 0.15) is 12.5 Å². The molecule has 2 aliphatic heterocycles. The van der Waals surface area contributed by atoms with Gasteiger partial charge in [0, 0.05) is 0 Å². The summed E-state index contributed by atoms with van der Waals surface area (Å²) in [6.45, 7) is 9.86. The molecule has 2 saturated heterocycles. The van der Waals surface area contributed by atoms with Gasteiger partial charge in [-0.25, -0.2) is 4.90 Å². The van der Waals surface area contributed by atoms with Gasteiger partial charge in [0.05, 0.1) is 25.4 Å². The summed E-state index contributed by atoms with van der Waals surface area (Å²) in [5.41, 5.74) is -0.302. The Morgan fingerprint density at radius 1 is 1.12 bits per heavy atom. The van der Waals surface area contributed by atoms with Crippen LogP contribution in [0.5, 0.6) is 0 Å². The van der Waals surface area contributed by atoms with Crippen LogP contribution in [0.15, 0.2) is 0 Å². The number of aliphatic hydroxyl groups excluding tert-OH is 1. The second-order valence-corrected chi connectivity index (χ2v) is 5.68. The molecule has 0 saturated carbocycles. The van der Waals surface area contributed by atoms with Crippen LogP contribution < -0.4 is 0 Å². The Hall–Kier alpha value is -0.160. The lowest BCUT2D eigenvalue weighted by Crippen LogP contribution is -2.53. The monoisotopic (exact) mass is 229 g/mol. The van der Waals surface area contributed by atoms with Crippen LogP contribution in [0.1, 0.15) is 27.7 Å². The topological polar surface area (TPSA) is 41.9 Å². The number of ether oxygens (including phenoxy) is 2. The van der Waals surface area contributed by atoms with Crippen LogP contribution >= 0.6 is 0 Å². The third-order valence-electron chi connectivity index (χ3n) is 3.58. The lowest BCUT2D eigenvalue weighted by atomic mass is 10.00. The predicted molar refractivity (Wildman–Crippen MR) is 60.8 cm³/mol. The molecule has 2 rings (SSSR count). The molecule has 0 amide bonds. The van der Waals surface area contributed by atoms with Gasteiger partial charge >= 0.3 is 0 Å². The average Bonchev–Trinajstić information content (AvgIpc) is 2.72. The van der Waals surface area contributed by atoms with Gasteiger partial charge in [0.25, 0.3) is 0 Å². The highest BCUT2D eigenvalue weighted by Gasteiger charge is 2.56. The van der Waals surface area contributed by atoms with E-state index in [1.165, 1.54) is 0 Å². The molecule has 2 fully saturated rings. The zero-order valence-electron chi connectivity index (χ0n) is 10.6. The molecule has 4 nitrogen and oxygen atoms in total. The minimum atomic E-state index is -0.302. The highest BCUT2D eigenvalue weighted by molar-refractivity contribution is 5.02. The first-order valence-electron chi connectivity index (χ1n) is 6.14. The third kappa shape index (κ3) is 1.68. The van der Waals surface area contributed by atoms with Gasteiger partial charge in [-0.15, -0.1) is 0 Å². The van der Waals surface area contributed by atoms with Gasteiger partial charge < -0.3 is 14.6 Å². The van der Waals surface area contributed by atoms with Gasteiger partial charge in [0.2, 0.25) is 0 Å². The number of fused-ring (bicyclic) bond motifs is 1. The summed E-state index contributed by atoms with van der Waals surface area (Å²) in [5, 5.41) is 9.62. The molecule has 2 aliphatic rings. The Morgan fingerprint density at radius 2 is 1.56 bits per heavy atom. The van der Waals surface area contributed by atoms with Crippen molar-refractivity contribution in [2.75, 3.05) is 19.8 Å². The highest BCUT2D eigenvalue weighted by Crippen LogP contribution is 2.40. The molecule has 3 atom stereocenters. The fraction of sp³-hybridized carbons (Fsp3) is 1.00. The molecule has 1 unspecified atom stereocenters. The Kier molecular flexibility index (Phi) is 3.27. The normalized spacial score (nSPS) is 39.9. The quantitative estimate of drug-likeness (QED) is 0.785. The van der Waals surface area contributed by atoms with Crippen molar-refractivity contribution < 1.29 is 14.6 Å². The predicted octanol–water partition coefficient (Wildman–Crippen LogP) is 1.04. The number of hydrogen-bond donors (Lipinski definition) is 1. The van der Waals surface area contributed by atoms with Gasteiger partial charge in [-0.3, -0.25) is 0 Å². The SMILES string of the molecule is CC(C)[C@H]1OCC2(CO)CO[C@@H](C(C)C)N12. The molecule has 0 aromatic rings. The van der Waals surface area contributed by atoms with Crippen molar-refractivity contribution in [2.45, 2.75) is 45.7 Å². The Labute approximate surface area is 97.5 Å². The smallest absolute Gasteiger partial charge is 0.115 e. The fourth-order valence-electron chi connectivity index (χ4n) is 2.72. The molecular formula is C12H23NO3. The summed E-state index contributed by atoms with van der Waals surface area (Å²) in [5.74, 6) is 0.827. The minimum absolute atomic E-state index is 0.0713. The van der Waals surface area contributed by atoms with Crippen LogP contribution in [0.25, 0.3) is 0 Å². The molecule has 0 aliphatic carbocycles. The van der Waals surface area contributed by atoms with E-state index in [4.69, 9.17) is 9.47 Å². The Bertz CT molecular complexity index is 235. The van der Waals surface area contributed by atoms with Crippen LogP contribution in [-0.4, -0.2) is 47.8 Å². The van der Waals surface area contributed by atoms with Crippen LogP contribution in [0, 0.1) is 11.8 Å². The second kappa shape index (κ2) is 4.26. The minimum Gasteiger partial charge on any atom is -0.394 e. The lowest BCUT2D eigenvalue weighted by molar-refractivity contribution is -0.0959. The Morgan fingerprint density at radius 3 is 1.88 bits per heavy atom. The molecule has 16 heavy (non-hydrogen) atoms. The average molecular weight is 229 g/mol. The zero-order valence-corrected chi connectivity index (χ0v) is 10.6. The van der Waals surface area contributed by atoms with E-state index < -0.39 is 0 Å². The zero-order chi connectivity index (χ0) is 11.9. The van der Waals surface area contributed by atoms with E-state index >= 15 is 0 Å². The molecule has 0 aromatic carbocycles. The molecular weight excluding hydrogens is 206 g/mol. The van der Waals surface area contributed by atoms with Crippen molar-refractivity contribution in [3.8, 4) is 0 Å². The highest BCUT2D eigenvalue weighted by atomic mass is 16.6. The lowest BCUT2D eigenvalue weighted by Gasteiger charge is -2.35. The first kappa shape index (κ1) is 12.3. The summed E-state index contributed by atoms with van der Waals surface area (Å²) in [6, 6.07) is 0. The van der Waals surface area contributed by atoms with E-state index in [1.54, 1.807) is 0 Å². The maximum Gasteiger partial charge on any atom is 0.115 e. The first-order valence-corrected chi connectivity index (χ1v) is 6.14. The molecule has 2 heterocycles. The molecule has 94 valence electrons. The van der Waals surface area contributed by atoms with E-state index in [2.05, 4.69) is 32.6 Å². The third-order valence-corrected chi connectivity index (χ3v) is 3.58. The second-order valence-electron chi connectivity index (χ2n) is 5.68. The molecule has 1 N–H and O–H groups in total. The maximum atomic E-state index is 9.62. The van der Waals surface area contributed by atoms with E-state index in [1.807, 2.05) is 0 Å². The maximum absolute atomic E-state index is 9.62. The van der Waals surface area contributed by atoms with E-state index in [9.17, 15) is 5.11 Å². The number of nitrogens with zero attached hydrogens (tertiary/aromatic N) is 1. The van der Waals surface area contributed by atoms with E-state index in [0.29, 0.717) is 25.0 Å². The summed E-state index contributed by atoms with van der Waals surface area (Å²) in [6.07, 6.45) is 0.143. The van der Waals surface area contributed by atoms with Crippen LogP contribution in [0.2, 0.25) is 0 Å². The first-order chi connectivity index (χ1) is 7.52. The molecule has 0 radical (unpaired) electrons. The van der Waals surface area contributed by atoms with Gasteiger partial charge in [-0.2, -0.15) is 0 Å². The molecule has 4 heteroatoms. The molecule has 0 spiro atoms. The van der Waals surface area contributed by atoms with Gasteiger partial charge in [-0.05, 0) is 11.8 Å². The van der Waals surface area contributed by atoms with Gasteiger partial charge in [0.15, 0.2) is 0 Å². The van der Waals surface area contributed by atoms with E-state index in [-0.39, 0.29) is 24.6 Å². The van der Waals surface area contributed by atoms with Crippen molar-refractivity contribution in [1.29, 1.82) is 0 Å². The molecule has 0 aromatic heterocycles. The number of aliphatic hydroxyl groups is 1. The fourth-order valence-corrected chi connectivity index (χ4v) is 2.72. The van der Waals surface area contributed by atoms with Crippen LogP contribution in [-0.2, 0) is 9.47 Å². The largest absolute Gasteiger partial charge is 0.394 e. The summed E-state index contributed by atoms with van der Waals surface area (Å²) >= 11 is 0. The van der Waals surface area contributed by atoms with Crippen LogP contribution in [0.3, 0.4) is 0 Å². The van der Waals surface area contributed by atoms with E-state index in [0.717, 1.165) is 0 Å². The Balaban J connectivity index is 2.25. The summed E-state index contributed by atoms with van der Waals surface area (Å²) in [7, 11) is 0. The van der Waals surface area contributed by atoms with Crippen molar-refractivity contribution in [3.05, 3.63) is 0 Å². The molecule has 0 bridgehead atoms. The summed E-state index contributed by atoms with van der Waals surface area (Å²) in [4.78, 5) is 2.25. The van der Waals surface area contributed by atoms with Crippen molar-refractivity contribution in [1.82, 2.24) is 4.90 Å². The van der Waals surface area contributed by atoms with Crippen molar-refractivity contribution in [3.63, 3.8) is 0 Å². The summed E-state index contributed by atoms with van der Waals surface area (Å²) < 4.78 is 11.7. The number of hydrogen-bond acceptors (Lipinski definition) is 4. The van der Waals surface area contributed by atoms with Crippen molar-refractivity contribution in [2.24, 2.45) is 11.8 Å². The van der Waals surface area contributed by atoms with Crippen molar-refractivity contribution >= 4 is 0 Å². The van der Waals surface area contributed by atoms with Gasteiger partial charge in [-0.1, -0.05) is 27.7 Å². The standard InChI is InChI=1S/C12H23NO3/c1-8(2)10-13-11(9(3)4)16-7-12(13,5-14)6-15-10/h8-11,14H,5-7H2,1-4H3/t10-,11+,12?.